The van der Waals surface area contributed by atoms with E-state index in [-0.39, 0.29) is 11.7 Å². The van der Waals surface area contributed by atoms with Crippen molar-refractivity contribution in [2.75, 3.05) is 21.3 Å². The third kappa shape index (κ3) is 2.90. The second-order valence-corrected chi connectivity index (χ2v) is 2.94. The number of hydrogen-bond acceptors (Lipinski definition) is 7. The van der Waals surface area contributed by atoms with E-state index in [1.54, 1.807) is 0 Å². The van der Waals surface area contributed by atoms with Crippen molar-refractivity contribution in [2.24, 2.45) is 0 Å². The highest BCUT2D eigenvalue weighted by Gasteiger charge is 2.33. The summed E-state index contributed by atoms with van der Waals surface area (Å²) in [5.74, 6) is -2.66. The maximum absolute atomic E-state index is 11.5. The molecule has 0 bridgehead atoms. The Morgan fingerprint density at radius 1 is 1.18 bits per heavy atom. The van der Waals surface area contributed by atoms with Gasteiger partial charge in [0.1, 0.15) is 0 Å². The lowest BCUT2D eigenvalue weighted by Gasteiger charge is -2.11. The molecule has 92 valence electrons. The van der Waals surface area contributed by atoms with Gasteiger partial charge in [0.2, 0.25) is 11.8 Å². The Kier molecular flexibility index (Phi) is 4.38. The molecule has 1 rings (SSSR count). The van der Waals surface area contributed by atoms with Gasteiger partial charge in [-0.2, -0.15) is 4.98 Å². The lowest BCUT2D eigenvalue weighted by atomic mass is 10.1. The summed E-state index contributed by atoms with van der Waals surface area (Å²) in [6.45, 7) is 0. The fourth-order valence-corrected chi connectivity index (χ4v) is 1.15. The Morgan fingerprint density at radius 2 is 1.76 bits per heavy atom. The summed E-state index contributed by atoms with van der Waals surface area (Å²) in [5, 5.41) is 0. The number of carbonyl (C=O) groups excluding carboxylic acids is 2. The Balaban J connectivity index is 3.12. The van der Waals surface area contributed by atoms with E-state index >= 15 is 0 Å². The largest absolute Gasteiger partial charge is 0.481 e. The highest BCUT2D eigenvalue weighted by atomic mass is 16.5. The summed E-state index contributed by atoms with van der Waals surface area (Å²) in [4.78, 5) is 30.7. The van der Waals surface area contributed by atoms with Gasteiger partial charge in [-0.15, -0.1) is 0 Å². The van der Waals surface area contributed by atoms with Crippen molar-refractivity contribution in [3.05, 3.63) is 18.1 Å². The molecule has 1 aromatic rings. The number of rotatable bonds is 4. The zero-order chi connectivity index (χ0) is 12.8. The number of hydrogen-bond donors (Lipinski definition) is 0. The predicted octanol–water partition coefficient (Wildman–Crippen LogP) is -0.0852. The van der Waals surface area contributed by atoms with Crippen LogP contribution in [0.3, 0.4) is 0 Å². The van der Waals surface area contributed by atoms with Crippen LogP contribution in [-0.4, -0.2) is 43.2 Å². The average molecular weight is 240 g/mol. The summed E-state index contributed by atoms with van der Waals surface area (Å²) in [6, 6.07) is 1.50. The summed E-state index contributed by atoms with van der Waals surface area (Å²) >= 11 is 0. The van der Waals surface area contributed by atoms with Gasteiger partial charge in [0.05, 0.1) is 21.3 Å². The third-order valence-electron chi connectivity index (χ3n) is 1.99. The highest BCUT2D eigenvalue weighted by Crippen LogP contribution is 2.17. The molecule has 17 heavy (non-hydrogen) atoms. The Bertz CT molecular complexity index is 405. The standard InChI is InChI=1S/C10H12N2O5/c1-15-6-4-5-11-8(12-6)7(9(13)16-2)10(14)17-3/h4-5,7H,1-3H3. The first kappa shape index (κ1) is 12.9. The van der Waals surface area contributed by atoms with E-state index in [4.69, 9.17) is 4.74 Å². The molecule has 0 amide bonds. The van der Waals surface area contributed by atoms with Gasteiger partial charge in [0.15, 0.2) is 5.82 Å². The highest BCUT2D eigenvalue weighted by molar-refractivity contribution is 5.99. The molecule has 7 heteroatoms. The molecule has 0 saturated heterocycles. The second kappa shape index (κ2) is 5.78. The molecular weight excluding hydrogens is 228 g/mol. The molecule has 7 nitrogen and oxygen atoms in total. The van der Waals surface area contributed by atoms with Crippen molar-refractivity contribution in [1.29, 1.82) is 0 Å². The topological polar surface area (TPSA) is 87.6 Å². The van der Waals surface area contributed by atoms with Crippen molar-refractivity contribution in [2.45, 2.75) is 5.92 Å². The molecule has 1 heterocycles. The van der Waals surface area contributed by atoms with Gasteiger partial charge in [-0.05, 0) is 0 Å². The molecule has 0 aliphatic rings. The molecule has 1 aromatic heterocycles. The minimum Gasteiger partial charge on any atom is -0.481 e. The molecule has 0 spiro atoms. The van der Waals surface area contributed by atoms with E-state index in [0.717, 1.165) is 0 Å². The van der Waals surface area contributed by atoms with Crippen LogP contribution in [0, 0.1) is 0 Å². The number of methoxy groups -OCH3 is 3. The van der Waals surface area contributed by atoms with Crippen LogP contribution in [0.2, 0.25) is 0 Å². The number of nitrogens with zero attached hydrogens (tertiary/aromatic N) is 2. The Hall–Kier alpha value is -2.18. The van der Waals surface area contributed by atoms with Crippen LogP contribution in [0.1, 0.15) is 11.7 Å². The Labute approximate surface area is 97.7 Å². The van der Waals surface area contributed by atoms with Gasteiger partial charge < -0.3 is 14.2 Å². The lowest BCUT2D eigenvalue weighted by molar-refractivity contribution is -0.154. The first-order valence-corrected chi connectivity index (χ1v) is 4.66. The summed E-state index contributed by atoms with van der Waals surface area (Å²) in [5.41, 5.74) is 0. The van der Waals surface area contributed by atoms with Gasteiger partial charge in [0.25, 0.3) is 0 Å². The quantitative estimate of drug-likeness (QED) is 0.537. The van der Waals surface area contributed by atoms with Gasteiger partial charge >= 0.3 is 11.9 Å². The zero-order valence-electron chi connectivity index (χ0n) is 9.67. The summed E-state index contributed by atoms with van der Waals surface area (Å²) in [6.07, 6.45) is 1.38. The maximum atomic E-state index is 11.5. The van der Waals surface area contributed by atoms with E-state index in [9.17, 15) is 9.59 Å². The van der Waals surface area contributed by atoms with E-state index in [1.165, 1.54) is 33.6 Å². The van der Waals surface area contributed by atoms with Crippen molar-refractivity contribution in [3.8, 4) is 5.88 Å². The molecule has 0 atom stereocenters. The molecular formula is C10H12N2O5. The first-order chi connectivity index (χ1) is 8.13. The molecule has 0 saturated carbocycles. The van der Waals surface area contributed by atoms with E-state index in [1.807, 2.05) is 0 Å². The molecule has 0 aliphatic carbocycles. The molecule has 0 N–H and O–H groups in total. The lowest BCUT2D eigenvalue weighted by Crippen LogP contribution is -2.26. The van der Waals surface area contributed by atoms with Gasteiger partial charge in [-0.1, -0.05) is 0 Å². The number of carbonyl (C=O) groups is 2. The smallest absolute Gasteiger partial charge is 0.327 e. The van der Waals surface area contributed by atoms with Crippen molar-refractivity contribution >= 4 is 11.9 Å². The van der Waals surface area contributed by atoms with Gasteiger partial charge in [-0.25, -0.2) is 4.98 Å². The number of esters is 2. The minimum atomic E-state index is -1.31. The first-order valence-electron chi connectivity index (χ1n) is 4.66. The maximum Gasteiger partial charge on any atom is 0.327 e. The zero-order valence-corrected chi connectivity index (χ0v) is 9.67. The van der Waals surface area contributed by atoms with Crippen LogP contribution in [0.25, 0.3) is 0 Å². The van der Waals surface area contributed by atoms with Crippen LogP contribution in [-0.2, 0) is 19.1 Å². The molecule has 0 aliphatic heterocycles. The third-order valence-corrected chi connectivity index (χ3v) is 1.99. The SMILES string of the molecule is COC(=O)C(C(=O)OC)c1nccc(OC)n1. The summed E-state index contributed by atoms with van der Waals surface area (Å²) < 4.78 is 13.9. The van der Waals surface area contributed by atoms with Crippen molar-refractivity contribution in [3.63, 3.8) is 0 Å². The van der Waals surface area contributed by atoms with Crippen molar-refractivity contribution in [1.82, 2.24) is 9.97 Å². The van der Waals surface area contributed by atoms with Crippen LogP contribution in [0.15, 0.2) is 12.3 Å². The number of aromatic nitrogens is 2. The normalized spacial score (nSPS) is 9.88. The van der Waals surface area contributed by atoms with Crippen LogP contribution < -0.4 is 4.74 Å². The number of ether oxygens (including phenoxy) is 3. The predicted molar refractivity (Wildman–Crippen MR) is 55.4 cm³/mol. The van der Waals surface area contributed by atoms with E-state index in [2.05, 4.69) is 19.4 Å². The second-order valence-electron chi connectivity index (χ2n) is 2.94. The van der Waals surface area contributed by atoms with Crippen LogP contribution >= 0.6 is 0 Å². The monoisotopic (exact) mass is 240 g/mol. The fourth-order valence-electron chi connectivity index (χ4n) is 1.15. The van der Waals surface area contributed by atoms with Crippen LogP contribution in [0.4, 0.5) is 0 Å². The Morgan fingerprint density at radius 3 is 2.24 bits per heavy atom. The van der Waals surface area contributed by atoms with Crippen molar-refractivity contribution < 1.29 is 23.8 Å². The molecule has 0 aromatic carbocycles. The molecule has 0 radical (unpaired) electrons. The summed E-state index contributed by atoms with van der Waals surface area (Å²) in [7, 11) is 3.74. The van der Waals surface area contributed by atoms with Gasteiger partial charge in [-0.3, -0.25) is 9.59 Å². The molecule has 0 unspecified atom stereocenters. The van der Waals surface area contributed by atoms with E-state index in [0.29, 0.717) is 0 Å². The molecule has 0 fully saturated rings. The van der Waals surface area contributed by atoms with Gasteiger partial charge in [0, 0.05) is 12.3 Å². The average Bonchev–Trinajstić information content (AvgIpc) is 2.38. The van der Waals surface area contributed by atoms with E-state index < -0.39 is 17.9 Å². The minimum absolute atomic E-state index is 0.0250. The van der Waals surface area contributed by atoms with Crippen LogP contribution in [0.5, 0.6) is 5.88 Å². The fraction of sp³-hybridized carbons (Fsp3) is 0.400.